The van der Waals surface area contributed by atoms with Crippen molar-refractivity contribution >= 4 is 39.0 Å². The average molecular weight is 337 g/mol. The van der Waals surface area contributed by atoms with Crippen LogP contribution in [0.25, 0.3) is 0 Å². The largest absolute Gasteiger partial charge is 0.364 e. The molecule has 0 unspecified atom stereocenters. The third kappa shape index (κ3) is 2.35. The molecule has 1 aromatic carbocycles. The van der Waals surface area contributed by atoms with Gasteiger partial charge in [-0.2, -0.15) is 0 Å². The van der Waals surface area contributed by atoms with Crippen molar-refractivity contribution in [3.8, 4) is 0 Å². The van der Waals surface area contributed by atoms with Crippen molar-refractivity contribution in [3.63, 3.8) is 0 Å². The number of fused-ring (bicyclic) bond motifs is 1. The molecular formula is C15H17BrN2O2. The highest BCUT2D eigenvalue weighted by atomic mass is 79.9. The molecule has 20 heavy (non-hydrogen) atoms. The van der Waals surface area contributed by atoms with Crippen LogP contribution in [0.5, 0.6) is 0 Å². The van der Waals surface area contributed by atoms with Gasteiger partial charge in [-0.3, -0.25) is 9.59 Å². The summed E-state index contributed by atoms with van der Waals surface area (Å²) in [5.41, 5.74) is 2.03. The zero-order valence-corrected chi connectivity index (χ0v) is 13.0. The third-order valence-corrected chi connectivity index (χ3v) is 4.62. The highest BCUT2D eigenvalue weighted by Crippen LogP contribution is 2.38. The van der Waals surface area contributed by atoms with Crippen molar-refractivity contribution in [1.29, 1.82) is 0 Å². The van der Waals surface area contributed by atoms with Gasteiger partial charge in [-0.05, 0) is 31.0 Å². The highest BCUT2D eigenvalue weighted by Gasteiger charge is 2.34. The number of carbonyl (C=O) groups is 2. The summed E-state index contributed by atoms with van der Waals surface area (Å²) in [6.07, 6.45) is 2.75. The molecule has 1 aliphatic heterocycles. The maximum atomic E-state index is 12.4. The predicted octanol–water partition coefficient (Wildman–Crippen LogP) is 2.74. The number of likely N-dealkylation sites (N-methyl/N-ethyl adjacent to an activating group) is 1. The van der Waals surface area contributed by atoms with Crippen molar-refractivity contribution in [3.05, 3.63) is 22.7 Å². The first-order chi connectivity index (χ1) is 9.56. The number of Topliss-reactive ketones (excluding diaryl/α,β-unsaturated/α-hetero) is 1. The summed E-state index contributed by atoms with van der Waals surface area (Å²) in [5, 5.41) is 0. The van der Waals surface area contributed by atoms with Crippen LogP contribution in [0.3, 0.4) is 0 Å². The Balaban J connectivity index is 1.97. The van der Waals surface area contributed by atoms with Gasteiger partial charge < -0.3 is 9.80 Å². The van der Waals surface area contributed by atoms with Gasteiger partial charge >= 0.3 is 0 Å². The fourth-order valence-electron chi connectivity index (χ4n) is 3.09. The number of ketones is 1. The van der Waals surface area contributed by atoms with Gasteiger partial charge in [0.1, 0.15) is 5.78 Å². The van der Waals surface area contributed by atoms with E-state index in [9.17, 15) is 9.59 Å². The fraction of sp³-hybridized carbons (Fsp3) is 0.467. The van der Waals surface area contributed by atoms with Crippen LogP contribution in [0.4, 0.5) is 11.4 Å². The quantitative estimate of drug-likeness (QED) is 0.791. The van der Waals surface area contributed by atoms with Crippen LogP contribution in [0.2, 0.25) is 0 Å². The molecule has 1 saturated carbocycles. The molecule has 0 spiro atoms. The van der Waals surface area contributed by atoms with Crippen LogP contribution in [-0.4, -0.2) is 31.3 Å². The lowest BCUT2D eigenvalue weighted by Gasteiger charge is -2.41. The van der Waals surface area contributed by atoms with Gasteiger partial charge in [0.25, 0.3) is 0 Å². The highest BCUT2D eigenvalue weighted by molar-refractivity contribution is 9.10. The van der Waals surface area contributed by atoms with E-state index < -0.39 is 0 Å². The molecule has 4 nitrogen and oxygen atoms in total. The minimum atomic E-state index is 0.127. The molecule has 1 heterocycles. The summed E-state index contributed by atoms with van der Waals surface area (Å²) in [7, 11) is 1.94. The molecule has 1 aromatic rings. The van der Waals surface area contributed by atoms with Crippen molar-refractivity contribution in [1.82, 2.24) is 0 Å². The number of rotatable bonds is 1. The number of carbonyl (C=O) groups excluding carboxylic acids is 2. The minimum Gasteiger partial charge on any atom is -0.364 e. The number of amides is 1. The maximum Gasteiger partial charge on any atom is 0.246 e. The topological polar surface area (TPSA) is 40.6 Å². The van der Waals surface area contributed by atoms with E-state index in [0.29, 0.717) is 25.2 Å². The summed E-state index contributed by atoms with van der Waals surface area (Å²) >= 11 is 3.48. The van der Waals surface area contributed by atoms with Crippen molar-refractivity contribution in [2.45, 2.75) is 31.7 Å². The van der Waals surface area contributed by atoms with Gasteiger partial charge in [0.15, 0.2) is 0 Å². The van der Waals surface area contributed by atoms with E-state index in [1.807, 2.05) is 35.0 Å². The Bertz CT molecular complexity index is 563. The van der Waals surface area contributed by atoms with Crippen molar-refractivity contribution < 1.29 is 9.59 Å². The van der Waals surface area contributed by atoms with Gasteiger partial charge in [-0.1, -0.05) is 15.9 Å². The lowest BCUT2D eigenvalue weighted by atomic mass is 9.92. The molecule has 0 N–H and O–H groups in total. The molecule has 1 amide bonds. The number of benzene rings is 1. The van der Waals surface area contributed by atoms with Crippen LogP contribution in [0.1, 0.15) is 25.7 Å². The summed E-state index contributed by atoms with van der Waals surface area (Å²) in [4.78, 5) is 27.7. The van der Waals surface area contributed by atoms with E-state index in [2.05, 4.69) is 15.9 Å². The molecule has 0 saturated heterocycles. The Labute approximate surface area is 126 Å². The molecule has 0 radical (unpaired) electrons. The Morgan fingerprint density at radius 2 is 1.85 bits per heavy atom. The fourth-order valence-corrected chi connectivity index (χ4v) is 3.44. The summed E-state index contributed by atoms with van der Waals surface area (Å²) in [6.45, 7) is 0.397. The molecule has 106 valence electrons. The Kier molecular flexibility index (Phi) is 3.54. The predicted molar refractivity (Wildman–Crippen MR) is 82.2 cm³/mol. The second-order valence-corrected chi connectivity index (χ2v) is 6.44. The van der Waals surface area contributed by atoms with Gasteiger partial charge in [-0.25, -0.2) is 0 Å². The Morgan fingerprint density at radius 1 is 1.15 bits per heavy atom. The second-order valence-electron chi connectivity index (χ2n) is 5.52. The Morgan fingerprint density at radius 3 is 2.55 bits per heavy atom. The average Bonchev–Trinajstić information content (AvgIpc) is 2.41. The van der Waals surface area contributed by atoms with E-state index in [-0.39, 0.29) is 11.9 Å². The lowest BCUT2D eigenvalue weighted by molar-refractivity contribution is -0.122. The van der Waals surface area contributed by atoms with Crippen LogP contribution >= 0.6 is 15.9 Å². The number of anilines is 2. The van der Waals surface area contributed by atoms with Crippen molar-refractivity contribution in [2.75, 3.05) is 23.4 Å². The zero-order chi connectivity index (χ0) is 14.3. The molecule has 1 aliphatic carbocycles. The van der Waals surface area contributed by atoms with Gasteiger partial charge in [0, 0.05) is 30.4 Å². The lowest BCUT2D eigenvalue weighted by Crippen LogP contribution is -2.50. The smallest absolute Gasteiger partial charge is 0.246 e. The first kappa shape index (κ1) is 13.6. The molecular weight excluding hydrogens is 320 g/mol. The summed E-state index contributed by atoms with van der Waals surface area (Å²) in [5.74, 6) is 0.445. The van der Waals surface area contributed by atoms with Gasteiger partial charge in [0.05, 0.1) is 17.9 Å². The maximum absolute atomic E-state index is 12.4. The van der Waals surface area contributed by atoms with E-state index in [4.69, 9.17) is 0 Å². The van der Waals surface area contributed by atoms with Crippen LogP contribution < -0.4 is 9.80 Å². The zero-order valence-electron chi connectivity index (χ0n) is 11.4. The van der Waals surface area contributed by atoms with E-state index in [1.165, 1.54) is 0 Å². The molecule has 1 fully saturated rings. The van der Waals surface area contributed by atoms with Crippen LogP contribution in [0.15, 0.2) is 22.7 Å². The van der Waals surface area contributed by atoms with Gasteiger partial charge in [0.2, 0.25) is 5.91 Å². The molecule has 0 aromatic heterocycles. The first-order valence-corrected chi connectivity index (χ1v) is 7.70. The second kappa shape index (κ2) is 5.20. The van der Waals surface area contributed by atoms with Crippen LogP contribution in [0, 0.1) is 0 Å². The number of hydrogen-bond donors (Lipinski definition) is 0. The third-order valence-electron chi connectivity index (χ3n) is 4.13. The standard InChI is InChI=1S/C15H17BrN2O2/c1-17-9-15(20)18(11-3-5-12(19)6-4-11)13-7-2-10(16)8-14(13)17/h2,7-8,11H,3-6,9H2,1H3. The normalized spacial score (nSPS) is 20.3. The first-order valence-electron chi connectivity index (χ1n) is 6.90. The van der Waals surface area contributed by atoms with E-state index >= 15 is 0 Å². The molecule has 2 aliphatic rings. The number of nitrogens with zero attached hydrogens (tertiary/aromatic N) is 2. The van der Waals surface area contributed by atoms with Crippen molar-refractivity contribution in [2.24, 2.45) is 0 Å². The summed E-state index contributed by atoms with van der Waals surface area (Å²) < 4.78 is 1.01. The molecule has 0 bridgehead atoms. The molecule has 0 atom stereocenters. The van der Waals surface area contributed by atoms with E-state index in [1.54, 1.807) is 0 Å². The van der Waals surface area contributed by atoms with Gasteiger partial charge in [-0.15, -0.1) is 0 Å². The SMILES string of the molecule is CN1CC(=O)N(C2CCC(=O)CC2)c2ccc(Br)cc21. The minimum absolute atomic E-state index is 0.127. The van der Waals surface area contributed by atoms with E-state index in [0.717, 1.165) is 28.7 Å². The Hall–Kier alpha value is -1.36. The molecule has 3 rings (SSSR count). The number of hydrogen-bond acceptors (Lipinski definition) is 3. The summed E-state index contributed by atoms with van der Waals surface area (Å²) in [6, 6.07) is 6.16. The van der Waals surface area contributed by atoms with Crippen LogP contribution in [-0.2, 0) is 9.59 Å². The monoisotopic (exact) mass is 336 g/mol. The molecule has 5 heteroatoms. The number of halogens is 1.